The smallest absolute Gasteiger partial charge is 0.231 e. The third-order valence-corrected chi connectivity index (χ3v) is 4.05. The van der Waals surface area contributed by atoms with Crippen molar-refractivity contribution in [2.75, 3.05) is 6.79 Å². The Morgan fingerprint density at radius 3 is 2.69 bits per heavy atom. The fourth-order valence-corrected chi connectivity index (χ4v) is 2.71. The molecule has 0 spiro atoms. The molecule has 4 rings (SSSR count). The van der Waals surface area contributed by atoms with Crippen LogP contribution in [0.25, 0.3) is 0 Å². The number of aliphatic hydroxyl groups is 1. The van der Waals surface area contributed by atoms with Gasteiger partial charge in [-0.1, -0.05) is 36.4 Å². The van der Waals surface area contributed by atoms with Gasteiger partial charge in [-0.15, -0.1) is 0 Å². The molecule has 1 atom stereocenters. The molecule has 0 amide bonds. The molecule has 0 saturated carbocycles. The Hall–Kier alpha value is -3.25. The summed E-state index contributed by atoms with van der Waals surface area (Å²) in [6, 6.07) is 15.7. The zero-order valence-corrected chi connectivity index (χ0v) is 13.8. The molecule has 3 aromatic rings. The zero-order valence-electron chi connectivity index (χ0n) is 13.8. The van der Waals surface area contributed by atoms with E-state index in [0.717, 1.165) is 5.56 Å². The van der Waals surface area contributed by atoms with E-state index in [1.165, 1.54) is 12.3 Å². The summed E-state index contributed by atoms with van der Waals surface area (Å²) in [5.41, 5.74) is 1.05. The highest BCUT2D eigenvalue weighted by molar-refractivity contribution is 5.46. The van der Waals surface area contributed by atoms with E-state index in [1.807, 2.05) is 30.3 Å². The summed E-state index contributed by atoms with van der Waals surface area (Å²) >= 11 is 0. The predicted octanol–water partition coefficient (Wildman–Crippen LogP) is 3.03. The molecular formula is C20H16O6. The number of aliphatic hydroxyl groups excluding tert-OH is 1. The molecule has 6 heteroatoms. The van der Waals surface area contributed by atoms with E-state index in [1.54, 1.807) is 18.2 Å². The highest BCUT2D eigenvalue weighted by Crippen LogP contribution is 2.36. The molecule has 0 aliphatic carbocycles. The quantitative estimate of drug-likeness (QED) is 0.760. The first-order chi connectivity index (χ1) is 12.7. The molecule has 132 valence electrons. The van der Waals surface area contributed by atoms with Gasteiger partial charge in [0, 0.05) is 6.07 Å². The number of benzene rings is 2. The predicted molar refractivity (Wildman–Crippen MR) is 92.4 cm³/mol. The van der Waals surface area contributed by atoms with Gasteiger partial charge in [-0.25, -0.2) is 0 Å². The van der Waals surface area contributed by atoms with Crippen LogP contribution in [-0.4, -0.2) is 11.9 Å². The van der Waals surface area contributed by atoms with Crippen LogP contribution in [0.2, 0.25) is 0 Å². The molecule has 2 aromatic carbocycles. The van der Waals surface area contributed by atoms with E-state index in [2.05, 4.69) is 0 Å². The SMILES string of the molecule is O=c1ccoc(C(O)c2ccc3c(c2)OCO3)c1OCc1ccccc1. The molecule has 1 aliphatic rings. The molecule has 0 radical (unpaired) electrons. The summed E-state index contributed by atoms with van der Waals surface area (Å²) in [5, 5.41) is 10.7. The first-order valence-corrected chi connectivity index (χ1v) is 8.08. The number of hydrogen-bond donors (Lipinski definition) is 1. The molecule has 6 nitrogen and oxygen atoms in total. The van der Waals surface area contributed by atoms with Crippen molar-refractivity contribution in [1.29, 1.82) is 0 Å². The van der Waals surface area contributed by atoms with Crippen molar-refractivity contribution >= 4 is 0 Å². The number of fused-ring (bicyclic) bond motifs is 1. The Morgan fingerprint density at radius 2 is 1.85 bits per heavy atom. The van der Waals surface area contributed by atoms with Gasteiger partial charge >= 0.3 is 0 Å². The topological polar surface area (TPSA) is 78.1 Å². The Bertz CT molecular complexity index is 964. The van der Waals surface area contributed by atoms with Crippen molar-refractivity contribution in [3.05, 3.63) is 88.0 Å². The summed E-state index contributed by atoms with van der Waals surface area (Å²) in [7, 11) is 0. The fraction of sp³-hybridized carbons (Fsp3) is 0.150. The maximum absolute atomic E-state index is 12.2. The van der Waals surface area contributed by atoms with Gasteiger partial charge in [0.2, 0.25) is 18.0 Å². The van der Waals surface area contributed by atoms with Crippen LogP contribution in [0.1, 0.15) is 23.0 Å². The van der Waals surface area contributed by atoms with Gasteiger partial charge in [-0.3, -0.25) is 4.79 Å². The average Bonchev–Trinajstić information content (AvgIpc) is 3.15. The lowest BCUT2D eigenvalue weighted by Crippen LogP contribution is -2.12. The van der Waals surface area contributed by atoms with E-state index in [4.69, 9.17) is 18.6 Å². The highest BCUT2D eigenvalue weighted by atomic mass is 16.7. The minimum absolute atomic E-state index is 0.0125. The Morgan fingerprint density at radius 1 is 1.04 bits per heavy atom. The minimum Gasteiger partial charge on any atom is -0.482 e. The standard InChI is InChI=1S/C20H16O6/c21-15-8-9-23-20(19(15)24-11-13-4-2-1-3-5-13)18(22)14-6-7-16-17(10-14)26-12-25-16/h1-10,18,22H,11-12H2. The van der Waals surface area contributed by atoms with E-state index >= 15 is 0 Å². The maximum Gasteiger partial charge on any atom is 0.231 e. The summed E-state index contributed by atoms with van der Waals surface area (Å²) in [5.74, 6) is 1.18. The Balaban J connectivity index is 1.63. The fourth-order valence-electron chi connectivity index (χ4n) is 2.71. The zero-order chi connectivity index (χ0) is 17.9. The van der Waals surface area contributed by atoms with Crippen LogP contribution in [0.4, 0.5) is 0 Å². The van der Waals surface area contributed by atoms with E-state index in [-0.39, 0.29) is 30.3 Å². The van der Waals surface area contributed by atoms with Crippen LogP contribution in [0.3, 0.4) is 0 Å². The molecule has 1 aromatic heterocycles. The largest absolute Gasteiger partial charge is 0.482 e. The summed E-state index contributed by atoms with van der Waals surface area (Å²) in [4.78, 5) is 12.2. The normalized spacial score (nSPS) is 13.4. The summed E-state index contributed by atoms with van der Waals surface area (Å²) in [6.07, 6.45) is 0.0626. The van der Waals surface area contributed by atoms with Gasteiger partial charge in [0.15, 0.2) is 17.3 Å². The van der Waals surface area contributed by atoms with Crippen LogP contribution >= 0.6 is 0 Å². The monoisotopic (exact) mass is 352 g/mol. The van der Waals surface area contributed by atoms with Crippen molar-refractivity contribution < 1.29 is 23.7 Å². The van der Waals surface area contributed by atoms with Gasteiger partial charge in [0.05, 0.1) is 6.26 Å². The second kappa shape index (κ2) is 6.93. The second-order valence-electron chi connectivity index (χ2n) is 5.77. The molecule has 1 aliphatic heterocycles. The molecule has 1 N–H and O–H groups in total. The van der Waals surface area contributed by atoms with Crippen molar-refractivity contribution in [3.8, 4) is 17.2 Å². The lowest BCUT2D eigenvalue weighted by Gasteiger charge is -2.15. The van der Waals surface area contributed by atoms with Gasteiger partial charge in [0.25, 0.3) is 0 Å². The van der Waals surface area contributed by atoms with Crippen LogP contribution in [-0.2, 0) is 6.61 Å². The summed E-state index contributed by atoms with van der Waals surface area (Å²) in [6.45, 7) is 0.331. The molecule has 26 heavy (non-hydrogen) atoms. The van der Waals surface area contributed by atoms with Crippen molar-refractivity contribution in [2.45, 2.75) is 12.7 Å². The van der Waals surface area contributed by atoms with Gasteiger partial charge < -0.3 is 23.7 Å². The second-order valence-corrected chi connectivity index (χ2v) is 5.77. The molecule has 0 bridgehead atoms. The number of hydrogen-bond acceptors (Lipinski definition) is 6. The number of ether oxygens (including phenoxy) is 3. The Labute approximate surface area is 149 Å². The summed E-state index contributed by atoms with van der Waals surface area (Å²) < 4.78 is 21.7. The van der Waals surface area contributed by atoms with E-state index < -0.39 is 6.10 Å². The van der Waals surface area contributed by atoms with Gasteiger partial charge in [0.1, 0.15) is 12.7 Å². The first kappa shape index (κ1) is 16.2. The third-order valence-electron chi connectivity index (χ3n) is 4.05. The van der Waals surface area contributed by atoms with E-state index in [0.29, 0.717) is 17.1 Å². The van der Waals surface area contributed by atoms with Crippen LogP contribution < -0.4 is 19.6 Å². The minimum atomic E-state index is -1.18. The first-order valence-electron chi connectivity index (χ1n) is 8.08. The maximum atomic E-state index is 12.2. The highest BCUT2D eigenvalue weighted by Gasteiger charge is 2.24. The van der Waals surface area contributed by atoms with Crippen molar-refractivity contribution in [2.24, 2.45) is 0 Å². The van der Waals surface area contributed by atoms with Crippen LogP contribution in [0.5, 0.6) is 17.2 Å². The van der Waals surface area contributed by atoms with Gasteiger partial charge in [-0.2, -0.15) is 0 Å². The molecule has 0 fully saturated rings. The van der Waals surface area contributed by atoms with Crippen molar-refractivity contribution in [1.82, 2.24) is 0 Å². The average molecular weight is 352 g/mol. The van der Waals surface area contributed by atoms with Crippen molar-refractivity contribution in [3.63, 3.8) is 0 Å². The molecule has 2 heterocycles. The third kappa shape index (κ3) is 3.14. The number of rotatable bonds is 5. The van der Waals surface area contributed by atoms with E-state index in [9.17, 15) is 9.90 Å². The molecular weight excluding hydrogens is 336 g/mol. The lowest BCUT2D eigenvalue weighted by molar-refractivity contribution is 0.169. The van der Waals surface area contributed by atoms with Gasteiger partial charge in [-0.05, 0) is 23.3 Å². The van der Waals surface area contributed by atoms with Crippen LogP contribution in [0, 0.1) is 0 Å². The Kier molecular flexibility index (Phi) is 4.33. The van der Waals surface area contributed by atoms with Crippen LogP contribution in [0.15, 0.2) is 70.1 Å². The molecule has 0 saturated heterocycles. The lowest BCUT2D eigenvalue weighted by atomic mass is 10.1. The molecule has 1 unspecified atom stereocenters.